The highest BCUT2D eigenvalue weighted by Crippen LogP contribution is 2.25. The van der Waals surface area contributed by atoms with Gasteiger partial charge in [0.05, 0.1) is 12.2 Å². The van der Waals surface area contributed by atoms with Gasteiger partial charge in [-0.1, -0.05) is 0 Å². The average Bonchev–Trinajstić information content (AvgIpc) is 3.25. The third-order valence-electron chi connectivity index (χ3n) is 5.16. The lowest BCUT2D eigenvalue weighted by Gasteiger charge is -2.23. The maximum atomic E-state index is 12.9. The number of carbonyl (C=O) groups is 1. The van der Waals surface area contributed by atoms with Gasteiger partial charge >= 0.3 is 0 Å². The molecule has 1 saturated heterocycles. The minimum Gasteiger partial charge on any atom is -0.449 e. The van der Waals surface area contributed by atoms with Gasteiger partial charge in [0.25, 0.3) is 5.91 Å². The van der Waals surface area contributed by atoms with E-state index in [2.05, 4.69) is 38.8 Å². The number of rotatable bonds is 5. The van der Waals surface area contributed by atoms with Gasteiger partial charge in [-0.15, -0.1) is 0 Å². The van der Waals surface area contributed by atoms with Gasteiger partial charge in [0, 0.05) is 44.4 Å². The molecule has 1 aliphatic rings. The zero-order valence-corrected chi connectivity index (χ0v) is 17.0. The Morgan fingerprint density at radius 2 is 1.96 bits per heavy atom. The van der Waals surface area contributed by atoms with Crippen LogP contribution in [0.5, 0.6) is 0 Å². The monoisotopic (exact) mass is 372 g/mol. The summed E-state index contributed by atoms with van der Waals surface area (Å²) in [5.74, 6) is 1.45. The van der Waals surface area contributed by atoms with E-state index in [0.29, 0.717) is 24.2 Å². The first-order valence-electron chi connectivity index (χ1n) is 9.19. The molecule has 0 spiro atoms. The Morgan fingerprint density at radius 3 is 2.56 bits per heavy atom. The van der Waals surface area contributed by atoms with Crippen LogP contribution in [0.15, 0.2) is 10.7 Å². The smallest absolute Gasteiger partial charge is 0.291 e. The fourth-order valence-electron chi connectivity index (χ4n) is 3.34. The maximum absolute atomic E-state index is 12.9. The lowest BCUT2D eigenvalue weighted by Crippen LogP contribution is -2.33. The second-order valence-electron chi connectivity index (χ2n) is 7.45. The molecule has 8 nitrogen and oxygen atoms in total. The zero-order valence-electron chi connectivity index (χ0n) is 17.0. The van der Waals surface area contributed by atoms with Crippen LogP contribution < -0.4 is 4.90 Å². The number of amides is 1. The summed E-state index contributed by atoms with van der Waals surface area (Å²) in [7, 11) is 5.92. The highest BCUT2D eigenvalue weighted by molar-refractivity contribution is 5.90. The molecule has 0 N–H and O–H groups in total. The fraction of sp³-hybridized carbons (Fsp3) is 0.579. The van der Waals surface area contributed by atoms with E-state index in [1.54, 1.807) is 25.1 Å². The number of hydrogen-bond donors (Lipinski definition) is 0. The first kappa shape index (κ1) is 19.3. The summed E-state index contributed by atoms with van der Waals surface area (Å²) in [6.45, 7) is 7.92. The summed E-state index contributed by atoms with van der Waals surface area (Å²) in [6.07, 6.45) is 2.65. The number of anilines is 1. The Bertz CT molecular complexity index is 832. The van der Waals surface area contributed by atoms with Crippen molar-refractivity contribution in [2.75, 3.05) is 39.1 Å². The molecule has 0 saturated carbocycles. The summed E-state index contributed by atoms with van der Waals surface area (Å²) in [6, 6.07) is 0.497. The SMILES string of the molecule is Cc1nc(CN(C)C(=O)c2nc(C)c(C)c(N3CC[C@@H](N(C)C)C3)n2)co1. The predicted molar refractivity (Wildman–Crippen MR) is 103 cm³/mol. The maximum Gasteiger partial charge on any atom is 0.291 e. The molecule has 0 aliphatic carbocycles. The molecule has 146 valence electrons. The van der Waals surface area contributed by atoms with Crippen LogP contribution in [0, 0.1) is 20.8 Å². The molecular formula is C19H28N6O2. The molecule has 27 heavy (non-hydrogen) atoms. The molecule has 1 atom stereocenters. The molecule has 2 aromatic rings. The number of aromatic nitrogens is 3. The highest BCUT2D eigenvalue weighted by atomic mass is 16.3. The van der Waals surface area contributed by atoms with Crippen molar-refractivity contribution in [3.63, 3.8) is 0 Å². The second-order valence-corrected chi connectivity index (χ2v) is 7.45. The van der Waals surface area contributed by atoms with Gasteiger partial charge in [-0.25, -0.2) is 15.0 Å². The van der Waals surface area contributed by atoms with Crippen LogP contribution in [0.4, 0.5) is 5.82 Å². The number of likely N-dealkylation sites (N-methyl/N-ethyl adjacent to an activating group) is 1. The molecular weight excluding hydrogens is 344 g/mol. The molecule has 0 unspecified atom stereocenters. The standard InChI is InChI=1S/C19H28N6O2/c1-12-13(2)20-17(19(26)24(6)9-15-11-27-14(3)21-15)22-18(12)25-8-7-16(10-25)23(4)5/h11,16H,7-10H2,1-6H3/t16-/m1/s1. The minimum atomic E-state index is -0.219. The normalized spacial score (nSPS) is 17.0. The molecule has 0 bridgehead atoms. The van der Waals surface area contributed by atoms with E-state index in [-0.39, 0.29) is 11.7 Å². The molecule has 3 rings (SSSR count). The summed E-state index contributed by atoms with van der Waals surface area (Å²) in [5.41, 5.74) is 2.57. The van der Waals surface area contributed by atoms with Crippen LogP contribution in [0.2, 0.25) is 0 Å². The van der Waals surface area contributed by atoms with Gasteiger partial charge in [-0.05, 0) is 34.4 Å². The Labute approximate surface area is 160 Å². The van der Waals surface area contributed by atoms with Crippen molar-refractivity contribution < 1.29 is 9.21 Å². The van der Waals surface area contributed by atoms with E-state index in [1.807, 2.05) is 13.8 Å². The fourth-order valence-corrected chi connectivity index (χ4v) is 3.34. The van der Waals surface area contributed by atoms with Gasteiger partial charge in [-0.2, -0.15) is 0 Å². The lowest BCUT2D eigenvalue weighted by molar-refractivity contribution is 0.0771. The van der Waals surface area contributed by atoms with E-state index < -0.39 is 0 Å². The average molecular weight is 372 g/mol. The number of oxazole rings is 1. The minimum absolute atomic E-state index is 0.219. The quantitative estimate of drug-likeness (QED) is 0.792. The van der Waals surface area contributed by atoms with E-state index in [9.17, 15) is 4.79 Å². The van der Waals surface area contributed by atoms with Gasteiger partial charge in [0.2, 0.25) is 5.82 Å². The van der Waals surface area contributed by atoms with Crippen LogP contribution in [0.1, 0.15) is 39.9 Å². The van der Waals surface area contributed by atoms with Crippen molar-refractivity contribution in [2.24, 2.45) is 0 Å². The van der Waals surface area contributed by atoms with Crippen molar-refractivity contribution in [3.8, 4) is 0 Å². The van der Waals surface area contributed by atoms with Crippen molar-refractivity contribution in [3.05, 3.63) is 34.9 Å². The summed E-state index contributed by atoms with van der Waals surface area (Å²) < 4.78 is 5.21. The summed E-state index contributed by atoms with van der Waals surface area (Å²) >= 11 is 0. The van der Waals surface area contributed by atoms with Gasteiger partial charge < -0.3 is 19.1 Å². The highest BCUT2D eigenvalue weighted by Gasteiger charge is 2.28. The van der Waals surface area contributed by atoms with Crippen molar-refractivity contribution in [1.82, 2.24) is 24.8 Å². The summed E-state index contributed by atoms with van der Waals surface area (Å²) in [5, 5.41) is 0. The molecule has 1 aliphatic heterocycles. The van der Waals surface area contributed by atoms with Crippen molar-refractivity contribution in [2.45, 2.75) is 39.8 Å². The molecule has 0 aromatic carbocycles. The molecule has 3 heterocycles. The molecule has 1 fully saturated rings. The van der Waals surface area contributed by atoms with Crippen molar-refractivity contribution in [1.29, 1.82) is 0 Å². The zero-order chi connectivity index (χ0) is 19.7. The molecule has 8 heteroatoms. The van der Waals surface area contributed by atoms with Gasteiger partial charge in [0.15, 0.2) is 5.89 Å². The Morgan fingerprint density at radius 1 is 1.22 bits per heavy atom. The second kappa shape index (κ2) is 7.64. The predicted octanol–water partition coefficient (Wildman–Crippen LogP) is 1.80. The largest absolute Gasteiger partial charge is 0.449 e. The topological polar surface area (TPSA) is 78.6 Å². The number of carbonyl (C=O) groups excluding carboxylic acids is 1. The van der Waals surface area contributed by atoms with Crippen LogP contribution in [-0.2, 0) is 6.54 Å². The van der Waals surface area contributed by atoms with Crippen LogP contribution >= 0.6 is 0 Å². The number of aryl methyl sites for hydroxylation is 2. The van der Waals surface area contributed by atoms with E-state index in [1.165, 1.54) is 0 Å². The van der Waals surface area contributed by atoms with E-state index in [0.717, 1.165) is 36.6 Å². The third kappa shape index (κ3) is 4.10. The van der Waals surface area contributed by atoms with Gasteiger partial charge in [0.1, 0.15) is 12.1 Å². The van der Waals surface area contributed by atoms with Gasteiger partial charge in [-0.3, -0.25) is 4.79 Å². The first-order chi connectivity index (χ1) is 12.8. The summed E-state index contributed by atoms with van der Waals surface area (Å²) in [4.78, 5) is 32.3. The van der Waals surface area contributed by atoms with E-state index >= 15 is 0 Å². The van der Waals surface area contributed by atoms with E-state index in [4.69, 9.17) is 4.42 Å². The van der Waals surface area contributed by atoms with Crippen LogP contribution in [-0.4, -0.2) is 70.9 Å². The molecule has 0 radical (unpaired) electrons. The Balaban J connectivity index is 1.81. The third-order valence-corrected chi connectivity index (χ3v) is 5.16. The number of nitrogens with zero attached hydrogens (tertiary/aromatic N) is 6. The van der Waals surface area contributed by atoms with Crippen LogP contribution in [0.25, 0.3) is 0 Å². The molecule has 1 amide bonds. The van der Waals surface area contributed by atoms with Crippen molar-refractivity contribution >= 4 is 11.7 Å². The lowest BCUT2D eigenvalue weighted by atomic mass is 10.2. The first-order valence-corrected chi connectivity index (χ1v) is 9.19. The Hall–Kier alpha value is -2.48. The molecule has 2 aromatic heterocycles. The van der Waals surface area contributed by atoms with Crippen LogP contribution in [0.3, 0.4) is 0 Å². The number of hydrogen-bond acceptors (Lipinski definition) is 7. The Kier molecular flexibility index (Phi) is 5.46.